The quantitative estimate of drug-likeness (QED) is 0.885. The standard InChI is InChI=1S/C12H7Br2NO2/c13-9-3-8(4-10(14)5-9)11-2-1-7(6-15-11)12(16)17/h1-6H,(H,16,17). The molecule has 1 aromatic carbocycles. The summed E-state index contributed by atoms with van der Waals surface area (Å²) < 4.78 is 1.87. The first-order valence-electron chi connectivity index (χ1n) is 4.72. The molecule has 0 spiro atoms. The summed E-state index contributed by atoms with van der Waals surface area (Å²) in [6, 6.07) is 9.01. The molecular formula is C12H7Br2NO2. The molecule has 5 heteroatoms. The summed E-state index contributed by atoms with van der Waals surface area (Å²) in [5.74, 6) is -0.973. The second-order valence-electron chi connectivity index (χ2n) is 3.40. The predicted molar refractivity (Wildman–Crippen MR) is 72.0 cm³/mol. The van der Waals surface area contributed by atoms with Crippen molar-refractivity contribution in [2.24, 2.45) is 0 Å². The minimum Gasteiger partial charge on any atom is -0.478 e. The summed E-state index contributed by atoms with van der Waals surface area (Å²) in [5.41, 5.74) is 1.84. The molecule has 1 aromatic heterocycles. The lowest BCUT2D eigenvalue weighted by Gasteiger charge is -2.03. The van der Waals surface area contributed by atoms with E-state index >= 15 is 0 Å². The second kappa shape index (κ2) is 4.98. The van der Waals surface area contributed by atoms with Gasteiger partial charge in [0.1, 0.15) is 0 Å². The average molecular weight is 357 g/mol. The number of carboxylic acids is 1. The number of nitrogens with zero attached hydrogens (tertiary/aromatic N) is 1. The van der Waals surface area contributed by atoms with Crippen LogP contribution in [0.5, 0.6) is 0 Å². The van der Waals surface area contributed by atoms with E-state index in [9.17, 15) is 4.79 Å². The zero-order valence-corrected chi connectivity index (χ0v) is 11.7. The lowest BCUT2D eigenvalue weighted by molar-refractivity contribution is 0.0696. The molecule has 0 aliphatic carbocycles. The van der Waals surface area contributed by atoms with Gasteiger partial charge in [-0.15, -0.1) is 0 Å². The van der Waals surface area contributed by atoms with E-state index in [1.807, 2.05) is 18.2 Å². The summed E-state index contributed by atoms with van der Waals surface area (Å²) in [4.78, 5) is 14.8. The highest BCUT2D eigenvalue weighted by atomic mass is 79.9. The number of hydrogen-bond acceptors (Lipinski definition) is 2. The Morgan fingerprint density at radius 3 is 2.24 bits per heavy atom. The van der Waals surface area contributed by atoms with Crippen molar-refractivity contribution in [3.8, 4) is 11.3 Å². The average Bonchev–Trinajstić information content (AvgIpc) is 2.28. The Balaban J connectivity index is 2.43. The largest absolute Gasteiger partial charge is 0.478 e. The molecule has 2 rings (SSSR count). The van der Waals surface area contributed by atoms with E-state index in [0.29, 0.717) is 0 Å². The predicted octanol–water partition coefficient (Wildman–Crippen LogP) is 3.97. The van der Waals surface area contributed by atoms with Crippen LogP contribution in [0.15, 0.2) is 45.5 Å². The van der Waals surface area contributed by atoms with Gasteiger partial charge < -0.3 is 5.11 Å². The van der Waals surface area contributed by atoms with Crippen molar-refractivity contribution < 1.29 is 9.90 Å². The number of aromatic nitrogens is 1. The zero-order valence-electron chi connectivity index (χ0n) is 8.52. The number of carbonyl (C=O) groups is 1. The fraction of sp³-hybridized carbons (Fsp3) is 0. The van der Waals surface area contributed by atoms with E-state index < -0.39 is 5.97 Å². The molecular weight excluding hydrogens is 350 g/mol. The van der Waals surface area contributed by atoms with Crippen molar-refractivity contribution in [1.82, 2.24) is 4.98 Å². The van der Waals surface area contributed by atoms with E-state index in [1.54, 1.807) is 12.1 Å². The van der Waals surface area contributed by atoms with Crippen LogP contribution in [0.2, 0.25) is 0 Å². The Labute approximate surface area is 115 Å². The molecule has 17 heavy (non-hydrogen) atoms. The van der Waals surface area contributed by atoms with Crippen molar-refractivity contribution in [2.75, 3.05) is 0 Å². The van der Waals surface area contributed by atoms with Gasteiger partial charge in [0.25, 0.3) is 0 Å². The van der Waals surface area contributed by atoms with Crippen LogP contribution in [0.4, 0.5) is 0 Å². The minimum atomic E-state index is -0.973. The summed E-state index contributed by atoms with van der Waals surface area (Å²) in [6.07, 6.45) is 1.35. The molecule has 0 bridgehead atoms. The first-order chi connectivity index (χ1) is 8.06. The number of hydrogen-bond donors (Lipinski definition) is 1. The monoisotopic (exact) mass is 355 g/mol. The SMILES string of the molecule is O=C(O)c1ccc(-c2cc(Br)cc(Br)c2)nc1. The Morgan fingerprint density at radius 1 is 1.12 bits per heavy atom. The summed E-state index contributed by atoms with van der Waals surface area (Å²) in [5, 5.41) is 8.78. The third-order valence-electron chi connectivity index (χ3n) is 2.17. The number of carboxylic acid groups (broad SMARTS) is 1. The van der Waals surface area contributed by atoms with Crippen LogP contribution < -0.4 is 0 Å². The second-order valence-corrected chi connectivity index (χ2v) is 5.23. The van der Waals surface area contributed by atoms with Gasteiger partial charge in [0.05, 0.1) is 11.3 Å². The number of pyridine rings is 1. The molecule has 2 aromatic rings. The van der Waals surface area contributed by atoms with E-state index in [0.717, 1.165) is 20.2 Å². The van der Waals surface area contributed by atoms with Crippen LogP contribution in [0.3, 0.4) is 0 Å². The van der Waals surface area contributed by atoms with Crippen molar-refractivity contribution in [3.63, 3.8) is 0 Å². The summed E-state index contributed by atoms with van der Waals surface area (Å²) in [6.45, 7) is 0. The molecule has 0 unspecified atom stereocenters. The van der Waals surface area contributed by atoms with Gasteiger partial charge in [-0.2, -0.15) is 0 Å². The molecule has 1 heterocycles. The number of aromatic carboxylic acids is 1. The lowest BCUT2D eigenvalue weighted by Crippen LogP contribution is -1.97. The van der Waals surface area contributed by atoms with Gasteiger partial charge in [-0.1, -0.05) is 31.9 Å². The first-order valence-corrected chi connectivity index (χ1v) is 6.30. The van der Waals surface area contributed by atoms with Crippen molar-refractivity contribution >= 4 is 37.8 Å². The molecule has 3 nitrogen and oxygen atoms in total. The third kappa shape index (κ3) is 2.92. The van der Waals surface area contributed by atoms with Crippen LogP contribution in [0.1, 0.15) is 10.4 Å². The molecule has 0 saturated carbocycles. The topological polar surface area (TPSA) is 50.2 Å². The maximum absolute atomic E-state index is 10.7. The highest BCUT2D eigenvalue weighted by Gasteiger charge is 2.05. The highest BCUT2D eigenvalue weighted by Crippen LogP contribution is 2.26. The molecule has 1 N–H and O–H groups in total. The number of halogens is 2. The van der Waals surface area contributed by atoms with E-state index in [4.69, 9.17) is 5.11 Å². The van der Waals surface area contributed by atoms with Gasteiger partial charge in [-0.05, 0) is 30.3 Å². The Hall–Kier alpha value is -1.20. The van der Waals surface area contributed by atoms with E-state index in [1.165, 1.54) is 6.20 Å². The zero-order chi connectivity index (χ0) is 12.4. The minimum absolute atomic E-state index is 0.183. The number of rotatable bonds is 2. The first kappa shape index (κ1) is 12.3. The smallest absolute Gasteiger partial charge is 0.337 e. The van der Waals surface area contributed by atoms with Gasteiger partial charge in [0.2, 0.25) is 0 Å². The van der Waals surface area contributed by atoms with Crippen molar-refractivity contribution in [1.29, 1.82) is 0 Å². The van der Waals surface area contributed by atoms with Crippen LogP contribution in [-0.4, -0.2) is 16.1 Å². The maximum Gasteiger partial charge on any atom is 0.337 e. The lowest BCUT2D eigenvalue weighted by atomic mass is 10.1. The Bertz CT molecular complexity index is 547. The molecule has 86 valence electrons. The van der Waals surface area contributed by atoms with Gasteiger partial charge in [-0.25, -0.2) is 4.79 Å². The molecule has 0 radical (unpaired) electrons. The molecule has 0 saturated heterocycles. The summed E-state index contributed by atoms with van der Waals surface area (Å²) in [7, 11) is 0. The normalized spacial score (nSPS) is 10.2. The molecule has 0 fully saturated rings. The van der Waals surface area contributed by atoms with Gasteiger partial charge >= 0.3 is 5.97 Å². The van der Waals surface area contributed by atoms with Crippen LogP contribution in [0.25, 0.3) is 11.3 Å². The fourth-order valence-corrected chi connectivity index (χ4v) is 2.69. The van der Waals surface area contributed by atoms with Crippen LogP contribution >= 0.6 is 31.9 Å². The van der Waals surface area contributed by atoms with Gasteiger partial charge in [-0.3, -0.25) is 4.98 Å². The van der Waals surface area contributed by atoms with Gasteiger partial charge in [0.15, 0.2) is 0 Å². The fourth-order valence-electron chi connectivity index (χ4n) is 1.39. The molecule has 0 atom stereocenters. The molecule has 0 aliphatic heterocycles. The van der Waals surface area contributed by atoms with Crippen LogP contribution in [0, 0.1) is 0 Å². The van der Waals surface area contributed by atoms with E-state index in [-0.39, 0.29) is 5.56 Å². The third-order valence-corrected chi connectivity index (χ3v) is 3.08. The highest BCUT2D eigenvalue weighted by molar-refractivity contribution is 9.11. The van der Waals surface area contributed by atoms with E-state index in [2.05, 4.69) is 36.8 Å². The molecule has 0 amide bonds. The van der Waals surface area contributed by atoms with Crippen molar-refractivity contribution in [3.05, 3.63) is 51.0 Å². The Kier molecular flexibility index (Phi) is 3.59. The number of benzene rings is 1. The molecule has 0 aliphatic rings. The maximum atomic E-state index is 10.7. The van der Waals surface area contributed by atoms with Crippen molar-refractivity contribution in [2.45, 2.75) is 0 Å². The Morgan fingerprint density at radius 2 is 1.76 bits per heavy atom. The summed E-state index contributed by atoms with van der Waals surface area (Å²) >= 11 is 6.79. The van der Waals surface area contributed by atoms with Gasteiger partial charge in [0, 0.05) is 20.7 Å². The van der Waals surface area contributed by atoms with Crippen LogP contribution in [-0.2, 0) is 0 Å².